The van der Waals surface area contributed by atoms with E-state index in [4.69, 9.17) is 0 Å². The molecule has 0 aliphatic carbocycles. The van der Waals surface area contributed by atoms with Gasteiger partial charge < -0.3 is 10.6 Å². The summed E-state index contributed by atoms with van der Waals surface area (Å²) in [6, 6.07) is 8.32. The summed E-state index contributed by atoms with van der Waals surface area (Å²) in [6.07, 6.45) is 4.36. The van der Waals surface area contributed by atoms with Crippen LogP contribution in [-0.4, -0.2) is 30.8 Å². The Labute approximate surface area is 159 Å². The van der Waals surface area contributed by atoms with Crippen LogP contribution in [-0.2, 0) is 11.2 Å². The molecule has 1 aromatic rings. The van der Waals surface area contributed by atoms with Crippen molar-refractivity contribution in [1.29, 1.82) is 0 Å². The number of unbranched alkanes of at least 4 members (excludes halogenated alkanes) is 2. The van der Waals surface area contributed by atoms with Gasteiger partial charge in [0.15, 0.2) is 0 Å². The fraction of sp³-hybridized carbons (Fsp3) is 0.636. The molecule has 0 saturated heterocycles. The zero-order valence-corrected chi connectivity index (χ0v) is 17.2. The quantitative estimate of drug-likeness (QED) is 0.583. The minimum atomic E-state index is -0.245. The largest absolute Gasteiger partial charge is 0.352 e. The average molecular weight is 361 g/mol. The van der Waals surface area contributed by atoms with Crippen molar-refractivity contribution < 1.29 is 9.59 Å². The SMILES string of the molecule is CC(C)NCCc1ccc(C(=O)NCCCCCC(=O)C(C)(C)C)cc1. The van der Waals surface area contributed by atoms with Gasteiger partial charge in [-0.2, -0.15) is 0 Å². The lowest BCUT2D eigenvalue weighted by Crippen LogP contribution is -2.25. The first-order chi connectivity index (χ1) is 12.2. The van der Waals surface area contributed by atoms with Gasteiger partial charge in [0, 0.05) is 30.0 Å². The fourth-order valence-electron chi connectivity index (χ4n) is 2.59. The molecule has 0 saturated carbocycles. The number of benzene rings is 1. The first-order valence-electron chi connectivity index (χ1n) is 9.84. The summed E-state index contributed by atoms with van der Waals surface area (Å²) in [4.78, 5) is 24.0. The molecule has 4 heteroatoms. The number of Topliss-reactive ketones (excluding diaryl/α,β-unsaturated/α-hetero) is 1. The van der Waals surface area contributed by atoms with Crippen molar-refractivity contribution in [3.05, 3.63) is 35.4 Å². The van der Waals surface area contributed by atoms with Gasteiger partial charge in [0.05, 0.1) is 0 Å². The molecule has 0 heterocycles. The van der Waals surface area contributed by atoms with Gasteiger partial charge in [-0.15, -0.1) is 0 Å². The lowest BCUT2D eigenvalue weighted by Gasteiger charge is -2.16. The molecule has 146 valence electrons. The molecule has 1 amide bonds. The van der Waals surface area contributed by atoms with Gasteiger partial charge in [-0.25, -0.2) is 0 Å². The molecule has 2 N–H and O–H groups in total. The van der Waals surface area contributed by atoms with Crippen LogP contribution in [0.25, 0.3) is 0 Å². The predicted molar refractivity (Wildman–Crippen MR) is 109 cm³/mol. The first kappa shape index (κ1) is 22.4. The van der Waals surface area contributed by atoms with E-state index in [1.165, 1.54) is 5.56 Å². The van der Waals surface area contributed by atoms with Gasteiger partial charge in [-0.05, 0) is 43.5 Å². The number of hydrogen-bond acceptors (Lipinski definition) is 3. The minimum Gasteiger partial charge on any atom is -0.352 e. The van der Waals surface area contributed by atoms with E-state index in [0.717, 1.165) is 32.2 Å². The molecule has 0 atom stereocenters. The monoisotopic (exact) mass is 360 g/mol. The summed E-state index contributed by atoms with van der Waals surface area (Å²) in [6.45, 7) is 11.8. The highest BCUT2D eigenvalue weighted by molar-refractivity contribution is 5.94. The number of rotatable bonds is 11. The van der Waals surface area contributed by atoms with Crippen LogP contribution in [0, 0.1) is 5.41 Å². The molecule has 0 aromatic heterocycles. The zero-order valence-electron chi connectivity index (χ0n) is 17.2. The summed E-state index contributed by atoms with van der Waals surface area (Å²) in [5.41, 5.74) is 1.69. The van der Waals surface area contributed by atoms with Crippen LogP contribution in [0.2, 0.25) is 0 Å². The number of carbonyl (C=O) groups is 2. The summed E-state index contributed by atoms with van der Waals surface area (Å²) in [5.74, 6) is 0.285. The van der Waals surface area contributed by atoms with Crippen molar-refractivity contribution in [3.8, 4) is 0 Å². The third kappa shape index (κ3) is 9.14. The second kappa shape index (κ2) is 11.1. The van der Waals surface area contributed by atoms with Gasteiger partial charge in [0.1, 0.15) is 5.78 Å². The summed E-state index contributed by atoms with van der Waals surface area (Å²) >= 11 is 0. The Hall–Kier alpha value is -1.68. The smallest absolute Gasteiger partial charge is 0.251 e. The molecule has 26 heavy (non-hydrogen) atoms. The van der Waals surface area contributed by atoms with Gasteiger partial charge in [-0.3, -0.25) is 9.59 Å². The van der Waals surface area contributed by atoms with Crippen molar-refractivity contribution in [2.24, 2.45) is 5.41 Å². The van der Waals surface area contributed by atoms with Crippen molar-refractivity contribution in [2.75, 3.05) is 13.1 Å². The van der Waals surface area contributed by atoms with E-state index < -0.39 is 0 Å². The van der Waals surface area contributed by atoms with Crippen molar-refractivity contribution in [3.63, 3.8) is 0 Å². The topological polar surface area (TPSA) is 58.2 Å². The molecule has 0 aliphatic rings. The van der Waals surface area contributed by atoms with Crippen LogP contribution in [0.4, 0.5) is 0 Å². The Morgan fingerprint density at radius 1 is 0.962 bits per heavy atom. The van der Waals surface area contributed by atoms with E-state index in [0.29, 0.717) is 30.4 Å². The number of carbonyl (C=O) groups excluding carboxylic acids is 2. The van der Waals surface area contributed by atoms with Gasteiger partial charge >= 0.3 is 0 Å². The molecule has 1 rings (SSSR count). The number of hydrogen-bond donors (Lipinski definition) is 2. The van der Waals surface area contributed by atoms with Crippen LogP contribution in [0.3, 0.4) is 0 Å². The molecule has 0 spiro atoms. The van der Waals surface area contributed by atoms with Gasteiger partial charge in [0.2, 0.25) is 0 Å². The van der Waals surface area contributed by atoms with Crippen LogP contribution >= 0.6 is 0 Å². The molecule has 0 fully saturated rings. The maximum atomic E-state index is 12.2. The highest BCUT2D eigenvalue weighted by atomic mass is 16.1. The maximum Gasteiger partial charge on any atom is 0.251 e. The Kier molecular flexibility index (Phi) is 9.57. The van der Waals surface area contributed by atoms with Crippen LogP contribution < -0.4 is 10.6 Å². The molecule has 4 nitrogen and oxygen atoms in total. The second-order valence-electron chi connectivity index (χ2n) is 8.30. The average Bonchev–Trinajstić information content (AvgIpc) is 2.57. The number of nitrogens with one attached hydrogen (secondary N) is 2. The van der Waals surface area contributed by atoms with E-state index in [-0.39, 0.29) is 11.3 Å². The summed E-state index contributed by atoms with van der Waals surface area (Å²) in [5, 5.41) is 6.35. The normalized spacial score (nSPS) is 11.6. The standard InChI is InChI=1S/C22H36N2O2/c1-17(2)23-16-14-18-10-12-19(13-11-18)21(26)24-15-8-6-7-9-20(25)22(3,4)5/h10-13,17,23H,6-9,14-16H2,1-5H3,(H,24,26). The number of ketones is 1. The number of amides is 1. The van der Waals surface area contributed by atoms with E-state index >= 15 is 0 Å². The molecule has 0 aliphatic heterocycles. The van der Waals surface area contributed by atoms with Gasteiger partial charge in [-0.1, -0.05) is 53.2 Å². The Morgan fingerprint density at radius 2 is 1.62 bits per heavy atom. The molecular formula is C22H36N2O2. The lowest BCUT2D eigenvalue weighted by atomic mass is 9.88. The van der Waals surface area contributed by atoms with Crippen molar-refractivity contribution in [2.45, 2.75) is 72.8 Å². The van der Waals surface area contributed by atoms with Crippen LogP contribution in [0.5, 0.6) is 0 Å². The third-order valence-electron chi connectivity index (χ3n) is 4.39. The summed E-state index contributed by atoms with van der Waals surface area (Å²) in [7, 11) is 0. The van der Waals surface area contributed by atoms with E-state index in [1.807, 2.05) is 45.0 Å². The molecular weight excluding hydrogens is 324 g/mol. The predicted octanol–water partition coefficient (Wildman–Crippen LogP) is 4.13. The van der Waals surface area contributed by atoms with Gasteiger partial charge in [0.25, 0.3) is 5.91 Å². The fourth-order valence-corrected chi connectivity index (χ4v) is 2.59. The third-order valence-corrected chi connectivity index (χ3v) is 4.39. The van der Waals surface area contributed by atoms with E-state index in [9.17, 15) is 9.59 Å². The van der Waals surface area contributed by atoms with Crippen molar-refractivity contribution >= 4 is 11.7 Å². The first-order valence-corrected chi connectivity index (χ1v) is 9.84. The molecule has 0 unspecified atom stereocenters. The van der Waals surface area contributed by atoms with E-state index in [1.54, 1.807) is 0 Å². The molecule has 0 bridgehead atoms. The molecule has 0 radical (unpaired) electrons. The Bertz CT molecular complexity index is 557. The maximum absolute atomic E-state index is 12.2. The van der Waals surface area contributed by atoms with Crippen LogP contribution in [0.1, 0.15) is 76.2 Å². The minimum absolute atomic E-state index is 0.0253. The zero-order chi connectivity index (χ0) is 19.6. The van der Waals surface area contributed by atoms with E-state index in [2.05, 4.69) is 24.5 Å². The Balaban J connectivity index is 2.22. The highest BCUT2D eigenvalue weighted by Crippen LogP contribution is 2.18. The second-order valence-corrected chi connectivity index (χ2v) is 8.30. The highest BCUT2D eigenvalue weighted by Gasteiger charge is 2.19. The lowest BCUT2D eigenvalue weighted by molar-refractivity contribution is -0.126. The van der Waals surface area contributed by atoms with Crippen LogP contribution in [0.15, 0.2) is 24.3 Å². The molecule has 1 aromatic carbocycles. The van der Waals surface area contributed by atoms with Crippen molar-refractivity contribution in [1.82, 2.24) is 10.6 Å². The Morgan fingerprint density at radius 3 is 2.19 bits per heavy atom. The summed E-state index contributed by atoms with van der Waals surface area (Å²) < 4.78 is 0.